The molecule has 0 saturated heterocycles. The Kier molecular flexibility index (Phi) is 3.83. The van der Waals surface area contributed by atoms with E-state index in [1.165, 1.54) is 13.0 Å². The summed E-state index contributed by atoms with van der Waals surface area (Å²) in [6.45, 7) is 1.67. The average Bonchev–Trinajstić information content (AvgIpc) is 2.36. The molecule has 2 aromatic rings. The van der Waals surface area contributed by atoms with Crippen LogP contribution in [0.5, 0.6) is 5.75 Å². The van der Waals surface area contributed by atoms with E-state index in [0.717, 1.165) is 6.20 Å². The van der Waals surface area contributed by atoms with Crippen molar-refractivity contribution in [3.05, 3.63) is 53.3 Å². The Morgan fingerprint density at radius 2 is 1.95 bits per heavy atom. The van der Waals surface area contributed by atoms with Crippen LogP contribution in [0.25, 0.3) is 0 Å². The van der Waals surface area contributed by atoms with Crippen LogP contribution in [-0.2, 0) is 12.7 Å². The molecular weight excluding hydrogens is 269 g/mol. The van der Waals surface area contributed by atoms with E-state index in [1.807, 2.05) is 0 Å². The first-order valence-electron chi connectivity index (χ1n) is 5.92. The topological polar surface area (TPSA) is 45.1 Å². The molecule has 0 unspecified atom stereocenters. The molecule has 0 aliphatic carbocycles. The fourth-order valence-electron chi connectivity index (χ4n) is 1.83. The van der Waals surface area contributed by atoms with Crippen LogP contribution < -0.4 is 5.32 Å². The molecule has 106 valence electrons. The highest BCUT2D eigenvalue weighted by Crippen LogP contribution is 2.31. The van der Waals surface area contributed by atoms with Gasteiger partial charge in [0.2, 0.25) is 0 Å². The van der Waals surface area contributed by atoms with Crippen molar-refractivity contribution in [1.29, 1.82) is 0 Å². The summed E-state index contributed by atoms with van der Waals surface area (Å²) in [5.74, 6) is 0.136. The SMILES string of the molecule is Cc1cc(NCc2ccccc2O)cnc1C(F)(F)F. The van der Waals surface area contributed by atoms with Gasteiger partial charge in [0.15, 0.2) is 0 Å². The van der Waals surface area contributed by atoms with E-state index in [1.54, 1.807) is 24.3 Å². The van der Waals surface area contributed by atoms with Gasteiger partial charge in [-0.25, -0.2) is 4.98 Å². The number of pyridine rings is 1. The summed E-state index contributed by atoms with van der Waals surface area (Å²) in [6, 6.07) is 8.13. The van der Waals surface area contributed by atoms with Gasteiger partial charge in [0.25, 0.3) is 0 Å². The summed E-state index contributed by atoms with van der Waals surface area (Å²) in [6.07, 6.45) is -3.31. The Balaban J connectivity index is 2.12. The lowest BCUT2D eigenvalue weighted by Gasteiger charge is -2.12. The molecule has 6 heteroatoms. The van der Waals surface area contributed by atoms with Gasteiger partial charge in [-0.05, 0) is 24.6 Å². The quantitative estimate of drug-likeness (QED) is 0.901. The summed E-state index contributed by atoms with van der Waals surface area (Å²) in [7, 11) is 0. The molecule has 20 heavy (non-hydrogen) atoms. The average molecular weight is 282 g/mol. The fourth-order valence-corrected chi connectivity index (χ4v) is 1.83. The van der Waals surface area contributed by atoms with Crippen molar-refractivity contribution in [2.24, 2.45) is 0 Å². The van der Waals surface area contributed by atoms with E-state index in [-0.39, 0.29) is 11.3 Å². The molecule has 0 amide bonds. The van der Waals surface area contributed by atoms with Crippen molar-refractivity contribution in [3.8, 4) is 5.75 Å². The number of hydrogen-bond acceptors (Lipinski definition) is 3. The van der Waals surface area contributed by atoms with Crippen LogP contribution in [-0.4, -0.2) is 10.1 Å². The summed E-state index contributed by atoms with van der Waals surface area (Å²) in [5, 5.41) is 12.5. The number of phenolic OH excluding ortho intramolecular Hbond substituents is 1. The maximum absolute atomic E-state index is 12.6. The molecule has 0 saturated carbocycles. The lowest BCUT2D eigenvalue weighted by atomic mass is 10.1. The lowest BCUT2D eigenvalue weighted by molar-refractivity contribution is -0.141. The number of nitrogens with one attached hydrogen (secondary N) is 1. The van der Waals surface area contributed by atoms with Crippen LogP contribution in [0.4, 0.5) is 18.9 Å². The van der Waals surface area contributed by atoms with E-state index in [2.05, 4.69) is 10.3 Å². The van der Waals surface area contributed by atoms with Gasteiger partial charge in [-0.15, -0.1) is 0 Å². The number of benzene rings is 1. The third kappa shape index (κ3) is 3.20. The second-order valence-corrected chi connectivity index (χ2v) is 4.37. The van der Waals surface area contributed by atoms with Gasteiger partial charge in [0.1, 0.15) is 11.4 Å². The predicted octanol–water partition coefficient (Wildman–Crippen LogP) is 3.73. The Morgan fingerprint density at radius 3 is 2.55 bits per heavy atom. The molecule has 1 heterocycles. The number of aryl methyl sites for hydroxylation is 1. The molecule has 1 aromatic heterocycles. The van der Waals surface area contributed by atoms with E-state index in [0.29, 0.717) is 17.8 Å². The molecule has 3 nitrogen and oxygen atoms in total. The number of phenols is 1. The molecule has 0 spiro atoms. The lowest BCUT2D eigenvalue weighted by Crippen LogP contribution is -2.11. The van der Waals surface area contributed by atoms with E-state index >= 15 is 0 Å². The highest BCUT2D eigenvalue weighted by molar-refractivity contribution is 5.46. The van der Waals surface area contributed by atoms with Crippen molar-refractivity contribution < 1.29 is 18.3 Å². The number of nitrogens with zero attached hydrogens (tertiary/aromatic N) is 1. The zero-order valence-corrected chi connectivity index (χ0v) is 10.7. The van der Waals surface area contributed by atoms with Crippen molar-refractivity contribution in [1.82, 2.24) is 4.98 Å². The van der Waals surface area contributed by atoms with Crippen LogP contribution in [0.1, 0.15) is 16.8 Å². The number of anilines is 1. The Morgan fingerprint density at radius 1 is 1.25 bits per heavy atom. The van der Waals surface area contributed by atoms with Crippen LogP contribution in [0.2, 0.25) is 0 Å². The van der Waals surface area contributed by atoms with Crippen LogP contribution in [0.3, 0.4) is 0 Å². The minimum Gasteiger partial charge on any atom is -0.508 e. The maximum Gasteiger partial charge on any atom is 0.433 e. The molecule has 0 atom stereocenters. The normalized spacial score (nSPS) is 11.4. The van der Waals surface area contributed by atoms with Gasteiger partial charge in [0.05, 0.1) is 11.9 Å². The van der Waals surface area contributed by atoms with Crippen LogP contribution >= 0.6 is 0 Å². The second kappa shape index (κ2) is 5.40. The van der Waals surface area contributed by atoms with Crippen molar-refractivity contribution in [3.63, 3.8) is 0 Å². The first-order valence-corrected chi connectivity index (χ1v) is 5.92. The molecule has 0 bridgehead atoms. The largest absolute Gasteiger partial charge is 0.508 e. The number of halogens is 3. The molecule has 0 aliphatic rings. The predicted molar refractivity (Wildman–Crippen MR) is 69.4 cm³/mol. The summed E-state index contributed by atoms with van der Waals surface area (Å²) in [5.41, 5.74) is 0.300. The van der Waals surface area contributed by atoms with E-state index in [4.69, 9.17) is 0 Å². The fraction of sp³-hybridized carbons (Fsp3) is 0.214. The standard InChI is InChI=1S/C14H13F3N2O/c1-9-6-11(8-19-13(9)14(15,16)17)18-7-10-4-2-3-5-12(10)20/h2-6,8,18,20H,7H2,1H3. The molecule has 0 aliphatic heterocycles. The number of aromatic hydroxyl groups is 1. The smallest absolute Gasteiger partial charge is 0.433 e. The number of rotatable bonds is 3. The minimum atomic E-state index is -4.44. The monoisotopic (exact) mass is 282 g/mol. The minimum absolute atomic E-state index is 0.0554. The Bertz CT molecular complexity index is 612. The van der Waals surface area contributed by atoms with Gasteiger partial charge in [-0.3, -0.25) is 0 Å². The van der Waals surface area contributed by atoms with Crippen LogP contribution in [0.15, 0.2) is 36.5 Å². The van der Waals surface area contributed by atoms with Gasteiger partial charge in [-0.1, -0.05) is 18.2 Å². The second-order valence-electron chi connectivity index (χ2n) is 4.37. The van der Waals surface area contributed by atoms with E-state index in [9.17, 15) is 18.3 Å². The Labute approximate surface area is 114 Å². The summed E-state index contributed by atoms with van der Waals surface area (Å²) < 4.78 is 37.7. The van der Waals surface area contributed by atoms with Gasteiger partial charge in [0, 0.05) is 12.1 Å². The molecule has 0 radical (unpaired) electrons. The highest BCUT2D eigenvalue weighted by atomic mass is 19.4. The molecular formula is C14H13F3N2O. The summed E-state index contributed by atoms with van der Waals surface area (Å²) in [4.78, 5) is 3.43. The molecule has 2 rings (SSSR count). The molecule has 1 aromatic carbocycles. The third-order valence-corrected chi connectivity index (χ3v) is 2.82. The number of aromatic nitrogens is 1. The van der Waals surface area contributed by atoms with Crippen molar-refractivity contribution >= 4 is 5.69 Å². The van der Waals surface area contributed by atoms with Crippen molar-refractivity contribution in [2.75, 3.05) is 5.32 Å². The van der Waals surface area contributed by atoms with Gasteiger partial charge >= 0.3 is 6.18 Å². The Hall–Kier alpha value is -2.24. The zero-order chi connectivity index (χ0) is 14.8. The van der Waals surface area contributed by atoms with Crippen molar-refractivity contribution in [2.45, 2.75) is 19.6 Å². The summed E-state index contributed by atoms with van der Waals surface area (Å²) >= 11 is 0. The number of hydrogen-bond donors (Lipinski definition) is 2. The van der Waals surface area contributed by atoms with E-state index < -0.39 is 11.9 Å². The third-order valence-electron chi connectivity index (χ3n) is 2.82. The molecule has 0 fully saturated rings. The first-order chi connectivity index (χ1) is 9.38. The zero-order valence-electron chi connectivity index (χ0n) is 10.7. The highest BCUT2D eigenvalue weighted by Gasteiger charge is 2.34. The molecule has 2 N–H and O–H groups in total. The van der Waals surface area contributed by atoms with Gasteiger partial charge < -0.3 is 10.4 Å². The van der Waals surface area contributed by atoms with Crippen LogP contribution in [0, 0.1) is 6.92 Å². The van der Waals surface area contributed by atoms with Gasteiger partial charge in [-0.2, -0.15) is 13.2 Å². The maximum atomic E-state index is 12.6. The number of alkyl halides is 3. The first kappa shape index (κ1) is 14.2. The number of para-hydroxylation sites is 1.